The van der Waals surface area contributed by atoms with E-state index in [1.54, 1.807) is 52.0 Å². The Morgan fingerprint density at radius 2 is 1.30 bits per heavy atom. The lowest BCUT2D eigenvalue weighted by Gasteiger charge is -2.25. The van der Waals surface area contributed by atoms with Crippen molar-refractivity contribution in [2.24, 2.45) is 0 Å². The number of hydrogen-bond donors (Lipinski definition) is 0. The minimum absolute atomic E-state index is 0.250. The summed E-state index contributed by atoms with van der Waals surface area (Å²) in [4.78, 5) is 12.0. The zero-order chi connectivity index (χ0) is 20.2. The molecule has 2 aromatic carbocycles. The smallest absolute Gasteiger partial charge is 0.416 e. The van der Waals surface area contributed by atoms with Gasteiger partial charge in [0, 0.05) is 0 Å². The van der Waals surface area contributed by atoms with Crippen LogP contribution in [0.1, 0.15) is 33.3 Å². The van der Waals surface area contributed by atoms with Gasteiger partial charge >= 0.3 is 12.1 Å². The Hall–Kier alpha value is -2.70. The molecule has 0 fully saturated rings. The Balaban J connectivity index is 2.02. The summed E-state index contributed by atoms with van der Waals surface area (Å²) in [6.07, 6.45) is -4.64. The maximum absolute atomic E-state index is 12.6. The Kier molecular flexibility index (Phi) is 6.03. The number of alkyl halides is 3. The van der Waals surface area contributed by atoms with E-state index in [-0.39, 0.29) is 11.9 Å². The van der Waals surface area contributed by atoms with Gasteiger partial charge in [-0.1, -0.05) is 0 Å². The van der Waals surface area contributed by atoms with Crippen LogP contribution in [0.3, 0.4) is 0 Å². The molecule has 7 heteroatoms. The van der Waals surface area contributed by atoms with E-state index < -0.39 is 23.3 Å². The number of carbonyl (C=O) groups excluding carboxylic acids is 1. The third-order valence-corrected chi connectivity index (χ3v) is 3.45. The van der Waals surface area contributed by atoms with E-state index >= 15 is 0 Å². The summed E-state index contributed by atoms with van der Waals surface area (Å²) in [5, 5.41) is 0. The Morgan fingerprint density at radius 1 is 0.852 bits per heavy atom. The number of esters is 1. The highest BCUT2D eigenvalue weighted by Crippen LogP contribution is 2.32. The zero-order valence-corrected chi connectivity index (χ0v) is 15.5. The summed E-state index contributed by atoms with van der Waals surface area (Å²) in [6.45, 7) is 6.71. The standard InChI is InChI=1S/C20H21F3O4/c1-13(2)25-18(24)19(3,4)27-17-11-9-16(10-12-17)26-15-7-5-14(6-8-15)20(21,22)23/h5-13H,1-4H3. The molecule has 0 saturated heterocycles. The van der Waals surface area contributed by atoms with Crippen LogP contribution in [0, 0.1) is 0 Å². The topological polar surface area (TPSA) is 44.8 Å². The minimum Gasteiger partial charge on any atom is -0.476 e. The molecule has 0 atom stereocenters. The van der Waals surface area contributed by atoms with Crippen molar-refractivity contribution in [1.82, 2.24) is 0 Å². The van der Waals surface area contributed by atoms with Crippen LogP contribution in [-0.2, 0) is 15.7 Å². The Morgan fingerprint density at radius 3 is 1.74 bits per heavy atom. The van der Waals surface area contributed by atoms with Gasteiger partial charge in [-0.2, -0.15) is 13.2 Å². The molecule has 0 heterocycles. The molecular weight excluding hydrogens is 361 g/mol. The third kappa shape index (κ3) is 5.91. The lowest BCUT2D eigenvalue weighted by atomic mass is 10.1. The molecule has 0 spiro atoms. The van der Waals surface area contributed by atoms with Crippen LogP contribution >= 0.6 is 0 Å². The van der Waals surface area contributed by atoms with Crippen LogP contribution in [0.15, 0.2) is 48.5 Å². The van der Waals surface area contributed by atoms with Crippen molar-refractivity contribution in [1.29, 1.82) is 0 Å². The first-order valence-electron chi connectivity index (χ1n) is 8.32. The molecule has 0 radical (unpaired) electrons. The number of hydrogen-bond acceptors (Lipinski definition) is 4. The van der Waals surface area contributed by atoms with Gasteiger partial charge in [0.05, 0.1) is 11.7 Å². The summed E-state index contributed by atoms with van der Waals surface area (Å²) in [5.41, 5.74) is -1.91. The molecule has 2 aromatic rings. The maximum Gasteiger partial charge on any atom is 0.416 e. The van der Waals surface area contributed by atoms with Crippen LogP contribution in [0.4, 0.5) is 13.2 Å². The van der Waals surface area contributed by atoms with Crippen LogP contribution < -0.4 is 9.47 Å². The van der Waals surface area contributed by atoms with Crippen molar-refractivity contribution in [2.75, 3.05) is 0 Å². The molecule has 4 nitrogen and oxygen atoms in total. The molecule has 146 valence electrons. The minimum atomic E-state index is -4.39. The molecule has 0 aromatic heterocycles. The van der Waals surface area contributed by atoms with Crippen LogP contribution in [-0.4, -0.2) is 17.7 Å². The van der Waals surface area contributed by atoms with Crippen LogP contribution in [0.25, 0.3) is 0 Å². The Bertz CT molecular complexity index is 763. The van der Waals surface area contributed by atoms with E-state index in [2.05, 4.69) is 0 Å². The summed E-state index contributed by atoms with van der Waals surface area (Å²) in [6, 6.07) is 10.8. The van der Waals surface area contributed by atoms with Gasteiger partial charge in [-0.25, -0.2) is 4.79 Å². The molecule has 0 aliphatic rings. The molecule has 2 rings (SSSR count). The lowest BCUT2D eigenvalue weighted by Crippen LogP contribution is -2.40. The summed E-state index contributed by atoms with van der Waals surface area (Å²) in [5.74, 6) is 0.644. The van der Waals surface area contributed by atoms with Crippen molar-refractivity contribution in [3.05, 3.63) is 54.1 Å². The quantitative estimate of drug-likeness (QED) is 0.610. The van der Waals surface area contributed by atoms with Crippen molar-refractivity contribution >= 4 is 5.97 Å². The van der Waals surface area contributed by atoms with Gasteiger partial charge in [-0.3, -0.25) is 0 Å². The fourth-order valence-corrected chi connectivity index (χ4v) is 2.12. The molecule has 0 unspecified atom stereocenters. The number of carbonyl (C=O) groups is 1. The number of rotatable bonds is 6. The first-order chi connectivity index (χ1) is 12.5. The second-order valence-electron chi connectivity index (χ2n) is 6.66. The van der Waals surface area contributed by atoms with Crippen LogP contribution in [0.5, 0.6) is 17.2 Å². The molecule has 0 saturated carbocycles. The van der Waals surface area contributed by atoms with Gasteiger partial charge in [0.1, 0.15) is 17.2 Å². The van der Waals surface area contributed by atoms with E-state index in [1.165, 1.54) is 12.1 Å². The van der Waals surface area contributed by atoms with E-state index in [0.717, 1.165) is 12.1 Å². The largest absolute Gasteiger partial charge is 0.476 e. The second kappa shape index (κ2) is 7.90. The summed E-state index contributed by atoms with van der Waals surface area (Å²) >= 11 is 0. The fraction of sp³-hybridized carbons (Fsp3) is 0.350. The van der Waals surface area contributed by atoms with Crippen LogP contribution in [0.2, 0.25) is 0 Å². The van der Waals surface area contributed by atoms with Crippen molar-refractivity contribution < 1.29 is 32.2 Å². The number of ether oxygens (including phenoxy) is 3. The normalized spacial score (nSPS) is 12.0. The van der Waals surface area contributed by atoms with Crippen molar-refractivity contribution in [3.8, 4) is 17.2 Å². The van der Waals surface area contributed by atoms with Gasteiger partial charge in [-0.15, -0.1) is 0 Å². The summed E-state index contributed by atoms with van der Waals surface area (Å²) in [7, 11) is 0. The molecule has 0 aliphatic heterocycles. The second-order valence-corrected chi connectivity index (χ2v) is 6.66. The predicted molar refractivity (Wildman–Crippen MR) is 93.9 cm³/mol. The molecule has 0 N–H and O–H groups in total. The van der Waals surface area contributed by atoms with Gasteiger partial charge in [0.15, 0.2) is 5.60 Å². The van der Waals surface area contributed by atoms with E-state index in [0.29, 0.717) is 11.5 Å². The van der Waals surface area contributed by atoms with E-state index in [1.807, 2.05) is 0 Å². The van der Waals surface area contributed by atoms with Gasteiger partial charge in [0.2, 0.25) is 0 Å². The zero-order valence-electron chi connectivity index (χ0n) is 15.5. The average Bonchev–Trinajstić information content (AvgIpc) is 2.55. The van der Waals surface area contributed by atoms with Crippen molar-refractivity contribution in [2.45, 2.75) is 45.6 Å². The fourth-order valence-electron chi connectivity index (χ4n) is 2.12. The highest BCUT2D eigenvalue weighted by molar-refractivity contribution is 5.79. The molecule has 27 heavy (non-hydrogen) atoms. The highest BCUT2D eigenvalue weighted by Gasteiger charge is 2.32. The SMILES string of the molecule is CC(C)OC(=O)C(C)(C)Oc1ccc(Oc2ccc(C(F)(F)F)cc2)cc1. The first-order valence-corrected chi connectivity index (χ1v) is 8.32. The monoisotopic (exact) mass is 382 g/mol. The average molecular weight is 382 g/mol. The molecule has 0 bridgehead atoms. The molecule has 0 aliphatic carbocycles. The lowest BCUT2D eigenvalue weighted by molar-refractivity contribution is -0.163. The van der Waals surface area contributed by atoms with Gasteiger partial charge in [0.25, 0.3) is 0 Å². The third-order valence-electron chi connectivity index (χ3n) is 3.45. The maximum atomic E-state index is 12.6. The predicted octanol–water partition coefficient (Wildman–Crippen LogP) is 5.61. The highest BCUT2D eigenvalue weighted by atomic mass is 19.4. The van der Waals surface area contributed by atoms with Gasteiger partial charge < -0.3 is 14.2 Å². The number of benzene rings is 2. The van der Waals surface area contributed by atoms with E-state index in [9.17, 15) is 18.0 Å². The molecular formula is C20H21F3O4. The van der Waals surface area contributed by atoms with Crippen molar-refractivity contribution in [3.63, 3.8) is 0 Å². The molecule has 0 amide bonds. The number of halogens is 3. The van der Waals surface area contributed by atoms with E-state index in [4.69, 9.17) is 14.2 Å². The summed E-state index contributed by atoms with van der Waals surface area (Å²) < 4.78 is 54.0. The Labute approximate surface area is 155 Å². The first kappa shape index (κ1) is 20.6. The van der Waals surface area contributed by atoms with Gasteiger partial charge in [-0.05, 0) is 76.2 Å².